The number of rotatable bonds is 5. The van der Waals surface area contributed by atoms with Crippen LogP contribution in [0.3, 0.4) is 0 Å². The molecule has 0 heterocycles. The maximum Gasteiger partial charge on any atom is 0.145 e. The second kappa shape index (κ2) is 13.9. The van der Waals surface area contributed by atoms with Crippen LogP contribution in [0.5, 0.6) is 0 Å². The summed E-state index contributed by atoms with van der Waals surface area (Å²) in [5.41, 5.74) is 0.730. The largest absolute Gasteiger partial charge is 0.344 e. The van der Waals surface area contributed by atoms with E-state index in [1.807, 2.05) is 20.8 Å². The number of aldehydes is 1. The third-order valence-corrected chi connectivity index (χ3v) is 1.78. The molecular formula is C11H25NO. The van der Waals surface area contributed by atoms with Gasteiger partial charge in [0.1, 0.15) is 6.29 Å². The number of allylic oxidation sites excluding steroid dienone is 1. The average Bonchev–Trinajstić information content (AvgIpc) is 2.16. The van der Waals surface area contributed by atoms with E-state index in [4.69, 9.17) is 0 Å². The van der Waals surface area contributed by atoms with Crippen LogP contribution in [0.2, 0.25) is 0 Å². The Bertz CT molecular complexity index is 121. The number of unbranched alkanes of at least 4 members (excludes halogenated alkanes) is 1. The maximum atomic E-state index is 10.2. The zero-order valence-electron chi connectivity index (χ0n) is 9.60. The van der Waals surface area contributed by atoms with Gasteiger partial charge in [-0.1, -0.05) is 47.1 Å². The molecule has 1 atom stereocenters. The molecule has 0 aliphatic carbocycles. The highest BCUT2D eigenvalue weighted by atomic mass is 16.1. The lowest BCUT2D eigenvalue weighted by atomic mass is 9.98. The van der Waals surface area contributed by atoms with Crippen molar-refractivity contribution in [3.8, 4) is 0 Å². The molecule has 0 rings (SSSR count). The van der Waals surface area contributed by atoms with Crippen molar-refractivity contribution in [1.82, 2.24) is 6.15 Å². The van der Waals surface area contributed by atoms with Gasteiger partial charge in [0.15, 0.2) is 0 Å². The zero-order chi connectivity index (χ0) is 9.98. The molecule has 0 unspecified atom stereocenters. The second-order valence-electron chi connectivity index (χ2n) is 2.74. The van der Waals surface area contributed by atoms with Gasteiger partial charge in [0, 0.05) is 0 Å². The monoisotopic (exact) mass is 187 g/mol. The molecule has 0 fully saturated rings. The zero-order valence-corrected chi connectivity index (χ0v) is 9.60. The Labute approximate surface area is 83.0 Å². The lowest BCUT2D eigenvalue weighted by Crippen LogP contribution is -1.98. The summed E-state index contributed by atoms with van der Waals surface area (Å²) in [5, 5.41) is 0. The number of hydrogen-bond donors (Lipinski definition) is 1. The minimum Gasteiger partial charge on any atom is -0.344 e. The van der Waals surface area contributed by atoms with Crippen LogP contribution >= 0.6 is 0 Å². The third-order valence-electron chi connectivity index (χ3n) is 1.78. The molecule has 0 aromatic carbocycles. The summed E-state index contributed by atoms with van der Waals surface area (Å²) in [6, 6.07) is 0. The predicted molar refractivity (Wildman–Crippen MR) is 60.3 cm³/mol. The molecule has 0 spiro atoms. The molecule has 0 aliphatic rings. The van der Waals surface area contributed by atoms with E-state index in [2.05, 4.69) is 13.5 Å². The summed E-state index contributed by atoms with van der Waals surface area (Å²) in [6.07, 6.45) is 4.33. The van der Waals surface area contributed by atoms with Gasteiger partial charge in [-0.25, -0.2) is 0 Å². The molecule has 0 aromatic heterocycles. The molecule has 0 saturated heterocycles. The van der Waals surface area contributed by atoms with E-state index >= 15 is 0 Å². The van der Waals surface area contributed by atoms with Crippen molar-refractivity contribution in [1.29, 1.82) is 0 Å². The Hall–Kier alpha value is -0.630. The van der Waals surface area contributed by atoms with E-state index in [1.54, 1.807) is 0 Å². The first-order valence-electron chi connectivity index (χ1n) is 4.86. The normalized spacial score (nSPS) is 10.2. The minimum atomic E-state index is 0. The highest BCUT2D eigenvalue weighted by molar-refractivity contribution is 5.72. The quantitative estimate of drug-likeness (QED) is 0.526. The number of carbonyl (C=O) groups excluding carboxylic acids is 1. The van der Waals surface area contributed by atoms with Crippen molar-refractivity contribution in [3.05, 3.63) is 12.2 Å². The van der Waals surface area contributed by atoms with E-state index in [-0.39, 0.29) is 6.15 Å². The van der Waals surface area contributed by atoms with Crippen molar-refractivity contribution in [3.63, 3.8) is 0 Å². The Kier molecular flexibility index (Phi) is 19.5. The van der Waals surface area contributed by atoms with Crippen molar-refractivity contribution in [2.75, 3.05) is 0 Å². The van der Waals surface area contributed by atoms with E-state index in [1.165, 1.54) is 12.8 Å². The van der Waals surface area contributed by atoms with Gasteiger partial charge >= 0.3 is 0 Å². The molecule has 80 valence electrons. The Morgan fingerprint density at radius 1 is 1.46 bits per heavy atom. The highest BCUT2D eigenvalue weighted by Crippen LogP contribution is 2.13. The fraction of sp³-hybridized carbons (Fsp3) is 0.727. The smallest absolute Gasteiger partial charge is 0.145 e. The molecule has 2 nitrogen and oxygen atoms in total. The van der Waals surface area contributed by atoms with Gasteiger partial charge in [0.25, 0.3) is 0 Å². The van der Waals surface area contributed by atoms with Gasteiger partial charge in [0.05, 0.1) is 0 Å². The van der Waals surface area contributed by atoms with Gasteiger partial charge in [0.2, 0.25) is 0 Å². The molecule has 0 aromatic rings. The van der Waals surface area contributed by atoms with Crippen molar-refractivity contribution >= 4 is 6.29 Å². The fourth-order valence-electron chi connectivity index (χ4n) is 0.812. The summed E-state index contributed by atoms with van der Waals surface area (Å²) in [6.45, 7) is 11.9. The van der Waals surface area contributed by atoms with Crippen LogP contribution in [-0.4, -0.2) is 6.29 Å². The van der Waals surface area contributed by atoms with Gasteiger partial charge in [-0.15, -0.1) is 0 Å². The van der Waals surface area contributed by atoms with E-state index in [0.717, 1.165) is 18.3 Å². The molecule has 0 saturated carbocycles. The van der Waals surface area contributed by atoms with Gasteiger partial charge in [-0.05, 0) is 17.9 Å². The van der Waals surface area contributed by atoms with Crippen LogP contribution in [0.15, 0.2) is 12.2 Å². The van der Waals surface area contributed by atoms with E-state index < -0.39 is 0 Å². The number of carbonyl (C=O) groups is 1. The first-order valence-corrected chi connectivity index (χ1v) is 4.86. The molecule has 0 radical (unpaired) electrons. The van der Waals surface area contributed by atoms with Gasteiger partial charge in [-0.2, -0.15) is 0 Å². The summed E-state index contributed by atoms with van der Waals surface area (Å²) in [4.78, 5) is 10.2. The summed E-state index contributed by atoms with van der Waals surface area (Å²) < 4.78 is 0. The van der Waals surface area contributed by atoms with Crippen LogP contribution in [0.4, 0.5) is 0 Å². The topological polar surface area (TPSA) is 52.1 Å². The Balaban J connectivity index is -0.000000309. The van der Waals surface area contributed by atoms with Crippen molar-refractivity contribution in [2.24, 2.45) is 5.92 Å². The molecule has 0 bridgehead atoms. The first kappa shape index (κ1) is 18.2. The van der Waals surface area contributed by atoms with Crippen LogP contribution in [0.25, 0.3) is 0 Å². The predicted octanol–water partition coefficient (Wildman–Crippen LogP) is 3.76. The first-order chi connectivity index (χ1) is 5.72. The van der Waals surface area contributed by atoms with Crippen molar-refractivity contribution < 1.29 is 4.79 Å². The van der Waals surface area contributed by atoms with Crippen LogP contribution in [0.1, 0.15) is 47.0 Å². The summed E-state index contributed by atoms with van der Waals surface area (Å²) in [5.74, 6) is 0.373. The molecule has 3 N–H and O–H groups in total. The van der Waals surface area contributed by atoms with Crippen LogP contribution in [0, 0.1) is 5.92 Å². The molecule has 0 aliphatic heterocycles. The maximum absolute atomic E-state index is 10.2. The minimum absolute atomic E-state index is 0. The van der Waals surface area contributed by atoms with Gasteiger partial charge in [-0.3, -0.25) is 4.79 Å². The highest BCUT2D eigenvalue weighted by Gasteiger charge is 2.03. The number of hydrogen-bond acceptors (Lipinski definition) is 2. The molecule has 0 amide bonds. The fourth-order valence-corrected chi connectivity index (χ4v) is 0.812. The molecular weight excluding hydrogens is 162 g/mol. The lowest BCUT2D eigenvalue weighted by molar-refractivity contribution is -0.105. The van der Waals surface area contributed by atoms with Crippen LogP contribution in [-0.2, 0) is 4.79 Å². The summed E-state index contributed by atoms with van der Waals surface area (Å²) in [7, 11) is 0. The molecule has 2 heteroatoms. The SMILES string of the molecule is C=C(C=O)[C@@H](C)CCCC.CC.N. The standard InChI is InChI=1S/C9H16O.C2H6.H3N/c1-4-5-6-8(2)9(3)7-10;1-2;/h7-8H,3-6H2,1-2H3;1-2H3;1H3/t8-;;/m0../s1. The third kappa shape index (κ3) is 11.4. The second-order valence-corrected chi connectivity index (χ2v) is 2.74. The lowest BCUT2D eigenvalue weighted by Gasteiger charge is -2.07. The van der Waals surface area contributed by atoms with E-state index in [9.17, 15) is 4.79 Å². The molecule has 13 heavy (non-hydrogen) atoms. The Morgan fingerprint density at radius 3 is 2.23 bits per heavy atom. The van der Waals surface area contributed by atoms with Gasteiger partial charge < -0.3 is 6.15 Å². The summed E-state index contributed by atoms with van der Waals surface area (Å²) >= 11 is 0. The Morgan fingerprint density at radius 2 is 1.92 bits per heavy atom. The van der Waals surface area contributed by atoms with Crippen molar-refractivity contribution in [2.45, 2.75) is 47.0 Å². The van der Waals surface area contributed by atoms with Crippen LogP contribution < -0.4 is 6.15 Å². The van der Waals surface area contributed by atoms with E-state index in [0.29, 0.717) is 5.92 Å². The average molecular weight is 187 g/mol.